The van der Waals surface area contributed by atoms with E-state index in [4.69, 9.17) is 4.42 Å². The molecule has 1 atom stereocenters. The number of rotatable bonds is 3. The summed E-state index contributed by atoms with van der Waals surface area (Å²) in [5, 5.41) is 10.5. The number of thiophene rings is 1. The first-order valence-electron chi connectivity index (χ1n) is 8.98. The summed E-state index contributed by atoms with van der Waals surface area (Å²) < 4.78 is 5.98. The lowest BCUT2D eigenvalue weighted by Crippen LogP contribution is -2.34. The molecule has 0 radical (unpaired) electrons. The van der Waals surface area contributed by atoms with Gasteiger partial charge >= 0.3 is 0 Å². The maximum absolute atomic E-state index is 13.1. The minimum absolute atomic E-state index is 0.0730. The van der Waals surface area contributed by atoms with E-state index in [1.165, 1.54) is 11.3 Å². The van der Waals surface area contributed by atoms with Crippen LogP contribution in [-0.4, -0.2) is 27.5 Å². The van der Waals surface area contributed by atoms with Gasteiger partial charge in [0.15, 0.2) is 0 Å². The molecule has 1 fully saturated rings. The molecule has 1 unspecified atom stereocenters. The molecule has 4 rings (SSSR count). The summed E-state index contributed by atoms with van der Waals surface area (Å²) in [7, 11) is 0. The molecular weight excluding hydrogens is 346 g/mol. The fraction of sp³-hybridized carbons (Fsp3) is 0.350. The van der Waals surface area contributed by atoms with Gasteiger partial charge < -0.3 is 9.32 Å². The Hall–Kier alpha value is -2.47. The van der Waals surface area contributed by atoms with Gasteiger partial charge in [0.05, 0.1) is 4.88 Å². The fourth-order valence-corrected chi connectivity index (χ4v) is 4.28. The largest absolute Gasteiger partial charge is 0.418 e. The predicted molar refractivity (Wildman–Crippen MR) is 101 cm³/mol. The molecule has 1 aromatic carbocycles. The molecule has 3 heterocycles. The molecule has 1 aliphatic heterocycles. The van der Waals surface area contributed by atoms with Crippen LogP contribution in [0.5, 0.6) is 0 Å². The number of benzene rings is 1. The topological polar surface area (TPSA) is 59.2 Å². The van der Waals surface area contributed by atoms with E-state index >= 15 is 0 Å². The second-order valence-corrected chi connectivity index (χ2v) is 7.52. The molecule has 3 aromatic rings. The number of carbonyl (C=O) groups is 1. The van der Waals surface area contributed by atoms with Gasteiger partial charge in [-0.1, -0.05) is 31.0 Å². The second kappa shape index (κ2) is 7.41. The Labute approximate surface area is 156 Å². The summed E-state index contributed by atoms with van der Waals surface area (Å²) in [5.74, 6) is 1.11. The van der Waals surface area contributed by atoms with Crippen molar-refractivity contribution in [1.82, 2.24) is 15.1 Å². The Morgan fingerprint density at radius 2 is 2.00 bits per heavy atom. The van der Waals surface area contributed by atoms with Gasteiger partial charge in [-0.15, -0.1) is 21.5 Å². The highest BCUT2D eigenvalue weighted by Gasteiger charge is 2.32. The third kappa shape index (κ3) is 3.29. The third-order valence-electron chi connectivity index (χ3n) is 4.82. The first-order valence-corrected chi connectivity index (χ1v) is 9.86. The Kier molecular flexibility index (Phi) is 4.84. The normalized spacial score (nSPS) is 17.9. The number of hydrogen-bond acceptors (Lipinski definition) is 5. The molecule has 6 heteroatoms. The van der Waals surface area contributed by atoms with E-state index in [0.717, 1.165) is 48.2 Å². The van der Waals surface area contributed by atoms with E-state index < -0.39 is 0 Å². The van der Waals surface area contributed by atoms with Gasteiger partial charge in [-0.25, -0.2) is 0 Å². The number of aromatic nitrogens is 2. The summed E-state index contributed by atoms with van der Waals surface area (Å²) in [6, 6.07) is 11.6. The number of aryl methyl sites for hydroxylation is 1. The van der Waals surface area contributed by atoms with Gasteiger partial charge in [-0.3, -0.25) is 4.79 Å². The zero-order valence-electron chi connectivity index (χ0n) is 14.7. The van der Waals surface area contributed by atoms with E-state index in [2.05, 4.69) is 10.2 Å². The van der Waals surface area contributed by atoms with Gasteiger partial charge in [-0.2, -0.15) is 0 Å². The molecule has 1 amide bonds. The first kappa shape index (κ1) is 17.0. The standard InChI is InChI=1S/C20H21N3O2S/c1-14-11-13-26-17(14)20(24)23-12-7-3-6-10-16(23)19-22-21-18(25-19)15-8-4-2-5-9-15/h2,4-5,8-9,11,13,16H,3,6-7,10,12H2,1H3. The minimum Gasteiger partial charge on any atom is -0.418 e. The lowest BCUT2D eigenvalue weighted by atomic mass is 10.1. The molecule has 26 heavy (non-hydrogen) atoms. The van der Waals surface area contributed by atoms with Gasteiger partial charge in [0.1, 0.15) is 6.04 Å². The van der Waals surface area contributed by atoms with Gasteiger partial charge in [0.2, 0.25) is 11.8 Å². The van der Waals surface area contributed by atoms with Crippen LogP contribution in [0.4, 0.5) is 0 Å². The second-order valence-electron chi connectivity index (χ2n) is 6.61. The average Bonchev–Trinajstić information content (AvgIpc) is 3.25. The van der Waals surface area contributed by atoms with Gasteiger partial charge in [0.25, 0.3) is 5.91 Å². The van der Waals surface area contributed by atoms with Crippen LogP contribution in [-0.2, 0) is 0 Å². The van der Waals surface area contributed by atoms with Crippen molar-refractivity contribution >= 4 is 17.2 Å². The number of nitrogens with zero attached hydrogens (tertiary/aromatic N) is 3. The van der Waals surface area contributed by atoms with Crippen LogP contribution in [0.3, 0.4) is 0 Å². The molecule has 0 bridgehead atoms. The zero-order valence-corrected chi connectivity index (χ0v) is 15.5. The SMILES string of the molecule is Cc1ccsc1C(=O)N1CCCCCC1c1nnc(-c2ccccc2)o1. The Bertz CT molecular complexity index is 887. The highest BCUT2D eigenvalue weighted by Crippen LogP contribution is 2.33. The van der Waals surface area contributed by atoms with Gasteiger partial charge in [0, 0.05) is 12.1 Å². The quantitative estimate of drug-likeness (QED) is 0.663. The van der Waals surface area contributed by atoms with Crippen molar-refractivity contribution in [2.45, 2.75) is 38.6 Å². The van der Waals surface area contributed by atoms with E-state index in [9.17, 15) is 4.79 Å². The molecule has 0 aliphatic carbocycles. The van der Waals surface area contributed by atoms with Crippen molar-refractivity contribution in [2.75, 3.05) is 6.54 Å². The first-order chi connectivity index (χ1) is 12.7. The molecule has 0 spiro atoms. The monoisotopic (exact) mass is 367 g/mol. The van der Waals surface area contributed by atoms with Crippen molar-refractivity contribution in [1.29, 1.82) is 0 Å². The summed E-state index contributed by atoms with van der Waals surface area (Å²) in [6.45, 7) is 2.71. The van der Waals surface area contributed by atoms with E-state index in [1.807, 2.05) is 53.6 Å². The van der Waals surface area contributed by atoms with Crippen LogP contribution in [0.25, 0.3) is 11.5 Å². The van der Waals surface area contributed by atoms with Crippen molar-refractivity contribution in [3.8, 4) is 11.5 Å². The number of hydrogen-bond donors (Lipinski definition) is 0. The smallest absolute Gasteiger partial charge is 0.264 e. The maximum Gasteiger partial charge on any atom is 0.264 e. The predicted octanol–water partition coefficient (Wildman–Crippen LogP) is 4.86. The minimum atomic E-state index is -0.156. The average molecular weight is 367 g/mol. The van der Waals surface area contributed by atoms with Crippen LogP contribution in [0.2, 0.25) is 0 Å². The van der Waals surface area contributed by atoms with E-state index in [0.29, 0.717) is 11.8 Å². The van der Waals surface area contributed by atoms with Crippen LogP contribution >= 0.6 is 11.3 Å². The molecule has 0 N–H and O–H groups in total. The number of amides is 1. The molecular formula is C20H21N3O2S. The lowest BCUT2D eigenvalue weighted by molar-refractivity contribution is 0.0657. The maximum atomic E-state index is 13.1. The molecule has 134 valence electrons. The fourth-order valence-electron chi connectivity index (χ4n) is 3.40. The summed E-state index contributed by atoms with van der Waals surface area (Å²) in [6.07, 6.45) is 4.03. The molecule has 1 aliphatic rings. The molecule has 0 saturated carbocycles. The molecule has 5 nitrogen and oxygen atoms in total. The molecule has 1 saturated heterocycles. The lowest BCUT2D eigenvalue weighted by Gasteiger charge is -2.27. The Balaban J connectivity index is 1.65. The number of likely N-dealkylation sites (tertiary alicyclic amines) is 1. The summed E-state index contributed by atoms with van der Waals surface area (Å²) in [5.41, 5.74) is 1.92. The number of carbonyl (C=O) groups excluding carboxylic acids is 1. The van der Waals surface area contributed by atoms with Crippen molar-refractivity contribution in [3.05, 3.63) is 58.1 Å². The van der Waals surface area contributed by atoms with Crippen LogP contribution in [0.15, 0.2) is 46.2 Å². The summed E-state index contributed by atoms with van der Waals surface area (Å²) >= 11 is 1.50. The van der Waals surface area contributed by atoms with E-state index in [1.54, 1.807) is 0 Å². The molecule has 2 aromatic heterocycles. The van der Waals surface area contributed by atoms with Crippen molar-refractivity contribution in [3.63, 3.8) is 0 Å². The van der Waals surface area contributed by atoms with Crippen LogP contribution in [0.1, 0.15) is 52.9 Å². The van der Waals surface area contributed by atoms with Crippen molar-refractivity contribution < 1.29 is 9.21 Å². The Morgan fingerprint density at radius 1 is 1.15 bits per heavy atom. The van der Waals surface area contributed by atoms with E-state index in [-0.39, 0.29) is 11.9 Å². The Morgan fingerprint density at radius 3 is 2.77 bits per heavy atom. The third-order valence-corrected chi connectivity index (χ3v) is 5.82. The highest BCUT2D eigenvalue weighted by atomic mass is 32.1. The zero-order chi connectivity index (χ0) is 17.9. The van der Waals surface area contributed by atoms with Crippen LogP contribution < -0.4 is 0 Å². The van der Waals surface area contributed by atoms with Crippen molar-refractivity contribution in [2.24, 2.45) is 0 Å². The highest BCUT2D eigenvalue weighted by molar-refractivity contribution is 7.12. The van der Waals surface area contributed by atoms with Gasteiger partial charge in [-0.05, 0) is 48.9 Å². The summed E-state index contributed by atoms with van der Waals surface area (Å²) in [4.78, 5) is 15.9. The van der Waals surface area contributed by atoms with Crippen LogP contribution in [0, 0.1) is 6.92 Å².